The zero-order valence-electron chi connectivity index (χ0n) is 10.9. The van der Waals surface area contributed by atoms with Crippen LogP contribution in [0.1, 0.15) is 20.8 Å². The largest absolute Gasteiger partial charge is 0.324 e. The van der Waals surface area contributed by atoms with E-state index >= 15 is 0 Å². The second-order valence-corrected chi connectivity index (χ2v) is 5.05. The van der Waals surface area contributed by atoms with Gasteiger partial charge in [-0.25, -0.2) is 5.43 Å². The average Bonchev–Trinajstić information content (AvgIpc) is 2.96. The van der Waals surface area contributed by atoms with Crippen molar-refractivity contribution in [3.8, 4) is 0 Å². The zero-order valence-corrected chi connectivity index (χ0v) is 11.7. The van der Waals surface area contributed by atoms with Crippen molar-refractivity contribution in [1.29, 1.82) is 0 Å². The maximum Gasteiger partial charge on any atom is 0.324 e. The predicted molar refractivity (Wildman–Crippen MR) is 82.6 cm³/mol. The molecular weight excluding hydrogens is 290 g/mol. The van der Waals surface area contributed by atoms with Crippen LogP contribution >= 0.6 is 11.3 Å². The number of carbonyl (C=O) groups is 1. The summed E-state index contributed by atoms with van der Waals surface area (Å²) in [5.74, 6) is -0.354. The Bertz CT molecular complexity index is 705. The minimum atomic E-state index is -0.470. The molecule has 1 amide bonds. The molecule has 2 rings (SSSR count). The number of nitrogens with zero attached hydrogens (tertiary/aromatic N) is 2. The first kappa shape index (κ1) is 14.6. The molecule has 1 aromatic heterocycles. The van der Waals surface area contributed by atoms with Crippen LogP contribution in [0.4, 0.5) is 5.00 Å². The van der Waals surface area contributed by atoms with Crippen LogP contribution in [0.2, 0.25) is 0 Å². The molecule has 0 spiro atoms. The molecule has 0 aliphatic heterocycles. The molecule has 0 aliphatic rings. The Morgan fingerprint density at radius 2 is 2.00 bits per heavy atom. The molecule has 0 atom stereocenters. The molecule has 0 saturated heterocycles. The van der Waals surface area contributed by atoms with Crippen LogP contribution in [-0.4, -0.2) is 17.0 Å². The van der Waals surface area contributed by atoms with E-state index in [4.69, 9.17) is 0 Å². The van der Waals surface area contributed by atoms with Gasteiger partial charge in [-0.05, 0) is 23.8 Å². The van der Waals surface area contributed by atoms with Crippen molar-refractivity contribution in [3.05, 3.63) is 69.1 Å². The quantitative estimate of drug-likeness (QED) is 0.523. The lowest BCUT2D eigenvalue weighted by Gasteiger charge is -1.99. The molecule has 0 aliphatic carbocycles. The molecule has 2 aromatic rings. The molecular formula is C14H11N3O3S. The summed E-state index contributed by atoms with van der Waals surface area (Å²) in [7, 11) is 0. The fraction of sp³-hybridized carbons (Fsp3) is 0. The van der Waals surface area contributed by atoms with Crippen molar-refractivity contribution in [2.45, 2.75) is 0 Å². The van der Waals surface area contributed by atoms with E-state index in [0.717, 1.165) is 16.9 Å². The van der Waals surface area contributed by atoms with Gasteiger partial charge >= 0.3 is 5.00 Å². The Balaban J connectivity index is 1.97. The summed E-state index contributed by atoms with van der Waals surface area (Å²) < 4.78 is 0. The van der Waals surface area contributed by atoms with E-state index < -0.39 is 4.92 Å². The third-order valence-corrected chi connectivity index (χ3v) is 3.53. The smallest absolute Gasteiger partial charge is 0.267 e. The standard InChI is InChI=1S/C14H11N3O3S/c1-2-10-3-5-11(6-4-10)14(18)16-15-9-12-7-8-13(21-12)17(19)20/h2-9H,1H2,(H,16,18)/b15-9+. The lowest BCUT2D eigenvalue weighted by molar-refractivity contribution is -0.380. The van der Waals surface area contributed by atoms with Crippen molar-refractivity contribution in [2.75, 3.05) is 0 Å². The Kier molecular flexibility index (Phi) is 4.57. The van der Waals surface area contributed by atoms with Crippen molar-refractivity contribution < 1.29 is 9.72 Å². The van der Waals surface area contributed by atoms with Crippen molar-refractivity contribution >= 4 is 34.5 Å². The van der Waals surface area contributed by atoms with Gasteiger partial charge in [-0.3, -0.25) is 14.9 Å². The summed E-state index contributed by atoms with van der Waals surface area (Å²) in [4.78, 5) is 22.4. The van der Waals surface area contributed by atoms with Gasteiger partial charge < -0.3 is 0 Å². The molecule has 7 heteroatoms. The number of thiophene rings is 1. The third-order valence-electron chi connectivity index (χ3n) is 2.56. The average molecular weight is 301 g/mol. The van der Waals surface area contributed by atoms with E-state index in [1.165, 1.54) is 12.3 Å². The zero-order chi connectivity index (χ0) is 15.2. The fourth-order valence-corrected chi connectivity index (χ4v) is 2.19. The molecule has 21 heavy (non-hydrogen) atoms. The molecule has 6 nitrogen and oxygen atoms in total. The van der Waals surface area contributed by atoms with Gasteiger partial charge in [0.25, 0.3) is 5.91 Å². The van der Waals surface area contributed by atoms with Crippen LogP contribution in [0.25, 0.3) is 6.08 Å². The van der Waals surface area contributed by atoms with Crippen LogP contribution in [0.15, 0.2) is 48.1 Å². The highest BCUT2D eigenvalue weighted by Gasteiger charge is 2.08. The summed E-state index contributed by atoms with van der Waals surface area (Å²) in [6.45, 7) is 3.63. The number of rotatable bonds is 5. The SMILES string of the molecule is C=Cc1ccc(C(=O)N/N=C/c2ccc([N+](=O)[O-])s2)cc1. The number of amides is 1. The van der Waals surface area contributed by atoms with Gasteiger partial charge in [0.05, 0.1) is 16.0 Å². The first-order valence-corrected chi connectivity index (χ1v) is 6.72. The van der Waals surface area contributed by atoms with Gasteiger partial charge in [0.2, 0.25) is 0 Å². The lowest BCUT2D eigenvalue weighted by Crippen LogP contribution is -2.17. The molecule has 0 radical (unpaired) electrons. The Morgan fingerprint density at radius 3 is 2.57 bits per heavy atom. The van der Waals surface area contributed by atoms with E-state index in [1.807, 2.05) is 0 Å². The minimum absolute atomic E-state index is 0.0304. The first-order valence-electron chi connectivity index (χ1n) is 5.90. The van der Waals surface area contributed by atoms with Crippen LogP contribution < -0.4 is 5.43 Å². The van der Waals surface area contributed by atoms with Gasteiger partial charge in [-0.15, -0.1) is 0 Å². The van der Waals surface area contributed by atoms with Crippen LogP contribution in [0, 0.1) is 10.1 Å². The molecule has 0 bridgehead atoms. The maximum absolute atomic E-state index is 11.8. The molecule has 0 unspecified atom stereocenters. The Hall–Kier alpha value is -2.80. The van der Waals surface area contributed by atoms with Gasteiger partial charge in [-0.2, -0.15) is 5.10 Å². The van der Waals surface area contributed by atoms with Crippen LogP contribution in [0.3, 0.4) is 0 Å². The molecule has 1 heterocycles. The second kappa shape index (κ2) is 6.58. The summed E-state index contributed by atoms with van der Waals surface area (Å²) in [5.41, 5.74) is 3.75. The minimum Gasteiger partial charge on any atom is -0.267 e. The Morgan fingerprint density at radius 1 is 1.29 bits per heavy atom. The van der Waals surface area contributed by atoms with E-state index in [0.29, 0.717) is 10.4 Å². The second-order valence-electron chi connectivity index (χ2n) is 3.96. The summed E-state index contributed by atoms with van der Waals surface area (Å²) >= 11 is 0.983. The van der Waals surface area contributed by atoms with Gasteiger partial charge in [-0.1, -0.05) is 36.1 Å². The number of hydrogen-bond donors (Lipinski definition) is 1. The predicted octanol–water partition coefficient (Wildman–Crippen LogP) is 3.06. The topological polar surface area (TPSA) is 84.6 Å². The van der Waals surface area contributed by atoms with E-state index in [1.54, 1.807) is 36.4 Å². The van der Waals surface area contributed by atoms with Gasteiger partial charge in [0, 0.05) is 11.6 Å². The molecule has 106 valence electrons. The van der Waals surface area contributed by atoms with Crippen LogP contribution in [0.5, 0.6) is 0 Å². The maximum atomic E-state index is 11.8. The summed E-state index contributed by atoms with van der Waals surface area (Å²) in [6, 6.07) is 9.83. The van der Waals surface area contributed by atoms with Gasteiger partial charge in [0.1, 0.15) is 0 Å². The highest BCUT2D eigenvalue weighted by atomic mass is 32.1. The fourth-order valence-electron chi connectivity index (χ4n) is 1.50. The van der Waals surface area contributed by atoms with Crippen LogP contribution in [-0.2, 0) is 0 Å². The molecule has 1 N–H and O–H groups in total. The normalized spacial score (nSPS) is 10.5. The van der Waals surface area contributed by atoms with Crippen molar-refractivity contribution in [2.24, 2.45) is 5.10 Å². The molecule has 0 fully saturated rings. The molecule has 0 saturated carbocycles. The van der Waals surface area contributed by atoms with E-state index in [-0.39, 0.29) is 10.9 Å². The van der Waals surface area contributed by atoms with E-state index in [2.05, 4.69) is 17.1 Å². The number of hydrogen-bond acceptors (Lipinski definition) is 5. The van der Waals surface area contributed by atoms with Gasteiger partial charge in [0.15, 0.2) is 0 Å². The van der Waals surface area contributed by atoms with Crippen molar-refractivity contribution in [1.82, 2.24) is 5.43 Å². The third kappa shape index (κ3) is 3.83. The monoisotopic (exact) mass is 301 g/mol. The Labute approximate surface area is 124 Å². The number of nitrogens with one attached hydrogen (secondary N) is 1. The number of carbonyl (C=O) groups excluding carboxylic acids is 1. The van der Waals surface area contributed by atoms with Crippen molar-refractivity contribution in [3.63, 3.8) is 0 Å². The highest BCUT2D eigenvalue weighted by Crippen LogP contribution is 2.22. The highest BCUT2D eigenvalue weighted by molar-refractivity contribution is 7.16. The summed E-state index contributed by atoms with van der Waals surface area (Å²) in [6.07, 6.45) is 3.05. The summed E-state index contributed by atoms with van der Waals surface area (Å²) in [5, 5.41) is 14.3. The number of hydrazone groups is 1. The number of benzene rings is 1. The van der Waals surface area contributed by atoms with E-state index in [9.17, 15) is 14.9 Å². The molecule has 1 aromatic carbocycles. The first-order chi connectivity index (χ1) is 10.1. The number of nitro groups is 1. The lowest BCUT2D eigenvalue weighted by atomic mass is 10.1.